The lowest BCUT2D eigenvalue weighted by atomic mass is 9.88. The molecule has 3 aromatic carbocycles. The van der Waals surface area contributed by atoms with Crippen LogP contribution in [-0.2, 0) is 6.54 Å². The van der Waals surface area contributed by atoms with Crippen molar-refractivity contribution < 1.29 is 4.79 Å². The molecule has 1 amide bonds. The van der Waals surface area contributed by atoms with Crippen LogP contribution < -0.4 is 0 Å². The number of aryl methyl sites for hydroxylation is 2. The lowest BCUT2D eigenvalue weighted by Gasteiger charge is -2.32. The summed E-state index contributed by atoms with van der Waals surface area (Å²) in [5, 5.41) is 0. The number of amides is 1. The van der Waals surface area contributed by atoms with Gasteiger partial charge in [0.1, 0.15) is 0 Å². The molecule has 0 unspecified atom stereocenters. The molecule has 0 radical (unpaired) electrons. The van der Waals surface area contributed by atoms with Crippen LogP contribution >= 0.6 is 0 Å². The summed E-state index contributed by atoms with van der Waals surface area (Å²) in [5.41, 5.74) is 6.08. The number of likely N-dealkylation sites (tertiary alicyclic amines) is 1. The zero-order valence-corrected chi connectivity index (χ0v) is 20.4. The zero-order valence-electron chi connectivity index (χ0n) is 20.4. The summed E-state index contributed by atoms with van der Waals surface area (Å²) in [6, 6.07) is 27.7. The third kappa shape index (κ3) is 5.72. The molecular formula is C30H36N2O. The molecule has 1 saturated heterocycles. The van der Waals surface area contributed by atoms with E-state index in [1.807, 2.05) is 30.3 Å². The van der Waals surface area contributed by atoms with Crippen molar-refractivity contribution in [3.8, 4) is 0 Å². The van der Waals surface area contributed by atoms with Gasteiger partial charge in [-0.25, -0.2) is 0 Å². The van der Waals surface area contributed by atoms with Crippen molar-refractivity contribution in [1.82, 2.24) is 9.80 Å². The van der Waals surface area contributed by atoms with Gasteiger partial charge in [-0.3, -0.25) is 9.69 Å². The molecular weight excluding hydrogens is 404 g/mol. The Kier molecular flexibility index (Phi) is 7.29. The maximum absolute atomic E-state index is 13.4. The molecule has 0 aliphatic carbocycles. The normalized spacial score (nSPS) is 18.6. The first-order chi connectivity index (χ1) is 15.9. The summed E-state index contributed by atoms with van der Waals surface area (Å²) in [6.07, 6.45) is 0. The summed E-state index contributed by atoms with van der Waals surface area (Å²) in [4.78, 5) is 18.0. The van der Waals surface area contributed by atoms with Crippen LogP contribution in [0.3, 0.4) is 0 Å². The molecule has 0 bridgehead atoms. The van der Waals surface area contributed by atoms with Crippen molar-refractivity contribution in [2.45, 2.75) is 46.2 Å². The molecule has 3 heteroatoms. The lowest BCUT2D eigenvalue weighted by molar-refractivity contribution is 0.0668. The molecule has 3 nitrogen and oxygen atoms in total. The minimum atomic E-state index is 0.130. The van der Waals surface area contributed by atoms with Crippen LogP contribution in [0.25, 0.3) is 0 Å². The Morgan fingerprint density at radius 1 is 0.879 bits per heavy atom. The van der Waals surface area contributed by atoms with Gasteiger partial charge < -0.3 is 4.90 Å². The van der Waals surface area contributed by atoms with Crippen molar-refractivity contribution in [2.24, 2.45) is 5.92 Å². The first-order valence-electron chi connectivity index (χ1n) is 12.1. The predicted molar refractivity (Wildman–Crippen MR) is 136 cm³/mol. The van der Waals surface area contributed by atoms with Crippen LogP contribution in [0.15, 0.2) is 78.9 Å². The Morgan fingerprint density at radius 3 is 2.09 bits per heavy atom. The Morgan fingerprint density at radius 2 is 1.48 bits per heavy atom. The van der Waals surface area contributed by atoms with E-state index in [0.29, 0.717) is 11.8 Å². The minimum absolute atomic E-state index is 0.130. The number of carbonyl (C=O) groups excluding carboxylic acids is 1. The second-order valence-electron chi connectivity index (χ2n) is 9.87. The van der Waals surface area contributed by atoms with E-state index in [1.165, 1.54) is 22.3 Å². The van der Waals surface area contributed by atoms with Crippen LogP contribution in [0, 0.1) is 19.8 Å². The van der Waals surface area contributed by atoms with Crippen LogP contribution in [0.1, 0.15) is 52.4 Å². The Balaban J connectivity index is 1.57. The molecule has 1 aliphatic heterocycles. The number of rotatable bonds is 7. The van der Waals surface area contributed by atoms with Crippen molar-refractivity contribution in [3.63, 3.8) is 0 Å². The largest absolute Gasteiger partial charge is 0.336 e. The van der Waals surface area contributed by atoms with Gasteiger partial charge in [0.15, 0.2) is 0 Å². The van der Waals surface area contributed by atoms with E-state index in [9.17, 15) is 4.79 Å². The standard InChI is InChI=1S/C30H36N2O/c1-22(2)32(30(33)27-8-6-5-7-9-27)20-28-19-31(18-25-14-10-23(3)11-15-25)21-29(28)26-16-12-24(4)13-17-26/h5-17,22,28-29H,18-21H2,1-4H3/t28-,29-/m1/s1. The molecule has 0 saturated carbocycles. The van der Waals surface area contributed by atoms with Gasteiger partial charge in [-0.2, -0.15) is 0 Å². The van der Waals surface area contributed by atoms with Gasteiger partial charge in [0.25, 0.3) is 5.91 Å². The summed E-state index contributed by atoms with van der Waals surface area (Å²) >= 11 is 0. The van der Waals surface area contributed by atoms with Crippen molar-refractivity contribution >= 4 is 5.91 Å². The van der Waals surface area contributed by atoms with Gasteiger partial charge in [0.05, 0.1) is 0 Å². The second-order valence-corrected chi connectivity index (χ2v) is 9.87. The van der Waals surface area contributed by atoms with Crippen molar-refractivity contribution in [3.05, 3.63) is 107 Å². The SMILES string of the molecule is Cc1ccc(CN2C[C@H](CN(C(=O)c3ccccc3)C(C)C)[C@@H](c3ccc(C)cc3)C2)cc1. The molecule has 1 heterocycles. The molecule has 3 aromatic rings. The predicted octanol–water partition coefficient (Wildman–Crippen LogP) is 6.07. The van der Waals surface area contributed by atoms with Gasteiger partial charge >= 0.3 is 0 Å². The van der Waals surface area contributed by atoms with Gasteiger partial charge in [0, 0.05) is 43.7 Å². The molecule has 1 fully saturated rings. The van der Waals surface area contributed by atoms with Gasteiger partial charge in [0.2, 0.25) is 0 Å². The van der Waals surface area contributed by atoms with Crippen LogP contribution in [-0.4, -0.2) is 41.4 Å². The van der Waals surface area contributed by atoms with Crippen LogP contribution in [0.5, 0.6) is 0 Å². The number of nitrogens with zero attached hydrogens (tertiary/aromatic N) is 2. The quantitative estimate of drug-likeness (QED) is 0.445. The first-order valence-corrected chi connectivity index (χ1v) is 12.1. The Bertz CT molecular complexity index is 1040. The highest BCUT2D eigenvalue weighted by Crippen LogP contribution is 2.35. The smallest absolute Gasteiger partial charge is 0.254 e. The molecule has 0 aromatic heterocycles. The molecule has 33 heavy (non-hydrogen) atoms. The summed E-state index contributed by atoms with van der Waals surface area (Å²) in [7, 11) is 0. The molecule has 1 aliphatic rings. The third-order valence-electron chi connectivity index (χ3n) is 6.89. The maximum atomic E-state index is 13.4. The number of carbonyl (C=O) groups is 1. The van der Waals surface area contributed by atoms with E-state index >= 15 is 0 Å². The highest BCUT2D eigenvalue weighted by Gasteiger charge is 2.36. The van der Waals surface area contributed by atoms with E-state index < -0.39 is 0 Å². The summed E-state index contributed by atoms with van der Waals surface area (Å²) in [6.45, 7) is 12.3. The molecule has 2 atom stereocenters. The van der Waals surface area contributed by atoms with Crippen molar-refractivity contribution in [1.29, 1.82) is 0 Å². The summed E-state index contributed by atoms with van der Waals surface area (Å²) < 4.78 is 0. The fourth-order valence-electron chi connectivity index (χ4n) is 4.95. The monoisotopic (exact) mass is 440 g/mol. The Hall–Kier alpha value is -2.91. The fraction of sp³-hybridized carbons (Fsp3) is 0.367. The summed E-state index contributed by atoms with van der Waals surface area (Å²) in [5.74, 6) is 0.944. The number of hydrogen-bond acceptors (Lipinski definition) is 2. The average molecular weight is 441 g/mol. The minimum Gasteiger partial charge on any atom is -0.336 e. The second kappa shape index (κ2) is 10.4. The maximum Gasteiger partial charge on any atom is 0.254 e. The molecule has 0 N–H and O–H groups in total. The highest BCUT2D eigenvalue weighted by atomic mass is 16.2. The Labute approximate surface area is 199 Å². The third-order valence-corrected chi connectivity index (χ3v) is 6.89. The van der Waals surface area contributed by atoms with E-state index in [2.05, 4.69) is 86.0 Å². The fourth-order valence-corrected chi connectivity index (χ4v) is 4.95. The van der Waals surface area contributed by atoms with Gasteiger partial charge in [-0.1, -0.05) is 77.9 Å². The highest BCUT2D eigenvalue weighted by molar-refractivity contribution is 5.94. The van der Waals surface area contributed by atoms with Crippen molar-refractivity contribution in [2.75, 3.05) is 19.6 Å². The first kappa shape index (κ1) is 23.3. The topological polar surface area (TPSA) is 23.6 Å². The molecule has 0 spiro atoms. The lowest BCUT2D eigenvalue weighted by Crippen LogP contribution is -2.42. The van der Waals surface area contributed by atoms with Crippen LogP contribution in [0.2, 0.25) is 0 Å². The molecule has 4 rings (SSSR count). The van der Waals surface area contributed by atoms with E-state index in [0.717, 1.165) is 31.7 Å². The van der Waals surface area contributed by atoms with Crippen LogP contribution in [0.4, 0.5) is 0 Å². The van der Waals surface area contributed by atoms with E-state index in [1.54, 1.807) is 0 Å². The van der Waals surface area contributed by atoms with E-state index in [4.69, 9.17) is 0 Å². The van der Waals surface area contributed by atoms with E-state index in [-0.39, 0.29) is 11.9 Å². The average Bonchev–Trinajstić information content (AvgIpc) is 3.21. The number of benzene rings is 3. The molecule has 172 valence electrons. The zero-order chi connectivity index (χ0) is 23.4. The number of hydrogen-bond donors (Lipinski definition) is 0. The van der Waals surface area contributed by atoms with Gasteiger partial charge in [-0.15, -0.1) is 0 Å². The van der Waals surface area contributed by atoms with Gasteiger partial charge in [-0.05, 0) is 56.9 Å².